The van der Waals surface area contributed by atoms with Crippen molar-refractivity contribution in [3.05, 3.63) is 30.1 Å². The van der Waals surface area contributed by atoms with Crippen LogP contribution < -0.4 is 5.32 Å². The molecule has 1 heterocycles. The van der Waals surface area contributed by atoms with Gasteiger partial charge in [-0.3, -0.25) is 14.6 Å². The second-order valence-corrected chi connectivity index (χ2v) is 4.58. The number of nitrogens with one attached hydrogen (secondary N) is 1. The predicted octanol–water partition coefficient (Wildman–Crippen LogP) is 1.20. The Morgan fingerprint density at radius 3 is 2.72 bits per heavy atom. The van der Waals surface area contributed by atoms with Crippen LogP contribution in [0.1, 0.15) is 25.0 Å². The van der Waals surface area contributed by atoms with Crippen LogP contribution in [0, 0.1) is 11.8 Å². The van der Waals surface area contributed by atoms with Gasteiger partial charge in [-0.1, -0.05) is 6.07 Å². The molecule has 2 unspecified atom stereocenters. The molecule has 2 N–H and O–H groups in total. The van der Waals surface area contributed by atoms with Gasteiger partial charge in [-0.25, -0.2) is 0 Å². The molecule has 5 nitrogen and oxygen atoms in total. The molecule has 1 amide bonds. The second-order valence-electron chi connectivity index (χ2n) is 4.58. The molecule has 1 fully saturated rings. The number of hydrogen-bond donors (Lipinski definition) is 2. The molecule has 0 aromatic carbocycles. The summed E-state index contributed by atoms with van der Waals surface area (Å²) in [5.74, 6) is -1.40. The molecule has 0 aliphatic heterocycles. The summed E-state index contributed by atoms with van der Waals surface area (Å²) in [5, 5.41) is 11.7. The minimum atomic E-state index is -0.796. The van der Waals surface area contributed by atoms with Crippen LogP contribution in [0.4, 0.5) is 0 Å². The summed E-state index contributed by atoms with van der Waals surface area (Å²) in [6.45, 7) is 0.397. The van der Waals surface area contributed by atoms with Gasteiger partial charge in [0.15, 0.2) is 0 Å². The first-order chi connectivity index (χ1) is 8.66. The molecule has 0 spiro atoms. The first kappa shape index (κ1) is 12.5. The number of nitrogens with zero attached hydrogens (tertiary/aromatic N) is 1. The van der Waals surface area contributed by atoms with Gasteiger partial charge in [0.25, 0.3) is 0 Å². The highest BCUT2D eigenvalue weighted by Gasteiger charge is 2.33. The molecular formula is C13H16N2O3. The van der Waals surface area contributed by atoms with E-state index in [-0.39, 0.29) is 17.7 Å². The quantitative estimate of drug-likeness (QED) is 0.839. The summed E-state index contributed by atoms with van der Waals surface area (Å²) in [6, 6.07) is 5.53. The Bertz CT molecular complexity index is 433. The van der Waals surface area contributed by atoms with Crippen molar-refractivity contribution < 1.29 is 14.7 Å². The van der Waals surface area contributed by atoms with E-state index in [2.05, 4.69) is 10.3 Å². The molecular weight excluding hydrogens is 232 g/mol. The number of aliphatic carboxylic acids is 1. The van der Waals surface area contributed by atoms with Crippen molar-refractivity contribution in [2.75, 3.05) is 0 Å². The maximum absolute atomic E-state index is 11.9. The van der Waals surface area contributed by atoms with Crippen molar-refractivity contribution in [3.63, 3.8) is 0 Å². The molecule has 2 atom stereocenters. The summed E-state index contributed by atoms with van der Waals surface area (Å²) in [7, 11) is 0. The van der Waals surface area contributed by atoms with Gasteiger partial charge in [0.1, 0.15) is 0 Å². The molecule has 1 aliphatic rings. The predicted molar refractivity (Wildman–Crippen MR) is 64.6 cm³/mol. The van der Waals surface area contributed by atoms with Crippen molar-refractivity contribution in [3.8, 4) is 0 Å². The number of rotatable bonds is 4. The monoisotopic (exact) mass is 248 g/mol. The van der Waals surface area contributed by atoms with Gasteiger partial charge in [-0.15, -0.1) is 0 Å². The molecule has 5 heteroatoms. The highest BCUT2D eigenvalue weighted by molar-refractivity contribution is 5.80. The van der Waals surface area contributed by atoms with E-state index in [4.69, 9.17) is 5.11 Å². The smallest absolute Gasteiger partial charge is 0.306 e. The largest absolute Gasteiger partial charge is 0.481 e. The van der Waals surface area contributed by atoms with Crippen LogP contribution in [0.25, 0.3) is 0 Å². The van der Waals surface area contributed by atoms with Crippen LogP contribution in [-0.2, 0) is 16.1 Å². The van der Waals surface area contributed by atoms with E-state index in [1.807, 2.05) is 18.2 Å². The van der Waals surface area contributed by atoms with Crippen LogP contribution in [0.5, 0.6) is 0 Å². The maximum atomic E-state index is 11.9. The SMILES string of the molecule is O=C(O)C1CCC(C(=O)NCc2ccccn2)C1. The van der Waals surface area contributed by atoms with Crippen LogP contribution in [-0.4, -0.2) is 22.0 Å². The zero-order valence-electron chi connectivity index (χ0n) is 10.0. The highest BCUT2D eigenvalue weighted by Crippen LogP contribution is 2.31. The number of carbonyl (C=O) groups excluding carboxylic acids is 1. The number of hydrogen-bond acceptors (Lipinski definition) is 3. The fraction of sp³-hybridized carbons (Fsp3) is 0.462. The van der Waals surface area contributed by atoms with Gasteiger partial charge in [-0.2, -0.15) is 0 Å². The molecule has 0 saturated heterocycles. The molecule has 96 valence electrons. The van der Waals surface area contributed by atoms with Crippen molar-refractivity contribution in [1.29, 1.82) is 0 Å². The van der Waals surface area contributed by atoms with Crippen LogP contribution >= 0.6 is 0 Å². The molecule has 1 saturated carbocycles. The average molecular weight is 248 g/mol. The molecule has 18 heavy (non-hydrogen) atoms. The Morgan fingerprint density at radius 2 is 2.11 bits per heavy atom. The number of carboxylic acids is 1. The average Bonchev–Trinajstić information content (AvgIpc) is 2.87. The number of aromatic nitrogens is 1. The Labute approximate surface area is 105 Å². The summed E-state index contributed by atoms with van der Waals surface area (Å²) < 4.78 is 0. The van der Waals surface area contributed by atoms with Gasteiger partial charge >= 0.3 is 5.97 Å². The first-order valence-corrected chi connectivity index (χ1v) is 6.07. The number of pyridine rings is 1. The topological polar surface area (TPSA) is 79.3 Å². The molecule has 0 bridgehead atoms. The van der Waals surface area contributed by atoms with E-state index >= 15 is 0 Å². The molecule has 2 rings (SSSR count). The van der Waals surface area contributed by atoms with E-state index in [1.54, 1.807) is 6.20 Å². The lowest BCUT2D eigenvalue weighted by Gasteiger charge is -2.10. The lowest BCUT2D eigenvalue weighted by Crippen LogP contribution is -2.29. The Morgan fingerprint density at radius 1 is 1.33 bits per heavy atom. The summed E-state index contributed by atoms with van der Waals surface area (Å²) in [6.07, 6.45) is 3.38. The third-order valence-corrected chi connectivity index (χ3v) is 3.32. The fourth-order valence-electron chi connectivity index (χ4n) is 2.27. The van der Waals surface area contributed by atoms with E-state index in [0.29, 0.717) is 25.8 Å². The van der Waals surface area contributed by atoms with E-state index in [1.165, 1.54) is 0 Å². The van der Waals surface area contributed by atoms with E-state index < -0.39 is 5.97 Å². The van der Waals surface area contributed by atoms with Crippen molar-refractivity contribution in [2.45, 2.75) is 25.8 Å². The summed E-state index contributed by atoms with van der Waals surface area (Å²) in [5.41, 5.74) is 0.804. The van der Waals surface area contributed by atoms with Crippen LogP contribution in [0.2, 0.25) is 0 Å². The van der Waals surface area contributed by atoms with Gasteiger partial charge in [0, 0.05) is 12.1 Å². The van der Waals surface area contributed by atoms with Gasteiger partial charge < -0.3 is 10.4 Å². The molecule has 0 radical (unpaired) electrons. The van der Waals surface area contributed by atoms with Crippen molar-refractivity contribution in [1.82, 2.24) is 10.3 Å². The Kier molecular flexibility index (Phi) is 3.92. The third kappa shape index (κ3) is 3.06. The highest BCUT2D eigenvalue weighted by atomic mass is 16.4. The lowest BCUT2D eigenvalue weighted by molar-refractivity contribution is -0.141. The van der Waals surface area contributed by atoms with Crippen LogP contribution in [0.15, 0.2) is 24.4 Å². The fourth-order valence-corrected chi connectivity index (χ4v) is 2.27. The Balaban J connectivity index is 1.81. The minimum Gasteiger partial charge on any atom is -0.481 e. The second kappa shape index (κ2) is 5.62. The van der Waals surface area contributed by atoms with Crippen LogP contribution in [0.3, 0.4) is 0 Å². The zero-order chi connectivity index (χ0) is 13.0. The third-order valence-electron chi connectivity index (χ3n) is 3.32. The standard InChI is InChI=1S/C13H16N2O3/c16-12(9-4-5-10(7-9)13(17)18)15-8-11-3-1-2-6-14-11/h1-3,6,9-10H,4-5,7-8H2,(H,15,16)(H,17,18). The zero-order valence-corrected chi connectivity index (χ0v) is 10.0. The summed E-state index contributed by atoms with van der Waals surface area (Å²) in [4.78, 5) is 26.8. The Hall–Kier alpha value is -1.91. The van der Waals surface area contributed by atoms with E-state index in [0.717, 1.165) is 5.69 Å². The number of carboxylic acid groups (broad SMARTS) is 1. The van der Waals surface area contributed by atoms with Gasteiger partial charge in [0.2, 0.25) is 5.91 Å². The molecule has 1 aromatic heterocycles. The molecule has 1 aromatic rings. The molecule has 1 aliphatic carbocycles. The summed E-state index contributed by atoms with van der Waals surface area (Å²) >= 11 is 0. The van der Waals surface area contributed by atoms with Gasteiger partial charge in [-0.05, 0) is 31.4 Å². The van der Waals surface area contributed by atoms with Gasteiger partial charge in [0.05, 0.1) is 18.2 Å². The van der Waals surface area contributed by atoms with Crippen molar-refractivity contribution in [2.24, 2.45) is 11.8 Å². The normalized spacial score (nSPS) is 22.7. The van der Waals surface area contributed by atoms with Crippen molar-refractivity contribution >= 4 is 11.9 Å². The maximum Gasteiger partial charge on any atom is 0.306 e. The number of carbonyl (C=O) groups is 2. The first-order valence-electron chi connectivity index (χ1n) is 6.07. The number of amides is 1. The minimum absolute atomic E-state index is 0.0654. The van der Waals surface area contributed by atoms with E-state index in [9.17, 15) is 9.59 Å². The lowest BCUT2D eigenvalue weighted by atomic mass is 10.0.